The van der Waals surface area contributed by atoms with Gasteiger partial charge in [0.25, 0.3) is 0 Å². The van der Waals surface area contributed by atoms with Crippen LogP contribution in [-0.4, -0.2) is 41.9 Å². The van der Waals surface area contributed by atoms with E-state index in [1.807, 2.05) is 32.3 Å². The largest absolute Gasteiger partial charge is 0.491 e. The van der Waals surface area contributed by atoms with Crippen molar-refractivity contribution in [2.75, 3.05) is 13.1 Å². The summed E-state index contributed by atoms with van der Waals surface area (Å²) in [6.07, 6.45) is 7.33. The normalized spacial score (nSPS) is 16.7. The molecule has 4 rings (SSSR count). The summed E-state index contributed by atoms with van der Waals surface area (Å²) in [5, 5.41) is 1.18. The summed E-state index contributed by atoms with van der Waals surface area (Å²) < 4.78 is 33.2. The molecule has 0 bridgehead atoms. The molecule has 3 aromatic rings. The van der Waals surface area contributed by atoms with Gasteiger partial charge in [-0.3, -0.25) is 4.98 Å². The van der Waals surface area contributed by atoms with Crippen molar-refractivity contribution in [2.24, 2.45) is 0 Å². The van der Waals surface area contributed by atoms with Gasteiger partial charge in [0.1, 0.15) is 5.75 Å². The summed E-state index contributed by atoms with van der Waals surface area (Å²) in [4.78, 5) is 7.73. The number of hydrogen-bond acceptors (Lipinski definition) is 4. The van der Waals surface area contributed by atoms with Crippen molar-refractivity contribution >= 4 is 20.9 Å². The summed E-state index contributed by atoms with van der Waals surface area (Å²) >= 11 is 0. The van der Waals surface area contributed by atoms with E-state index in [-0.39, 0.29) is 6.10 Å². The van der Waals surface area contributed by atoms with Crippen LogP contribution in [0.5, 0.6) is 5.75 Å². The molecule has 0 atom stereocenters. The number of sulfonamides is 1. The van der Waals surface area contributed by atoms with Crippen molar-refractivity contribution < 1.29 is 13.2 Å². The van der Waals surface area contributed by atoms with Gasteiger partial charge in [-0.1, -0.05) is 0 Å². The van der Waals surface area contributed by atoms with Gasteiger partial charge in [0.15, 0.2) is 0 Å². The summed E-state index contributed by atoms with van der Waals surface area (Å²) in [5.74, 6) is 1.03. The fraction of sp³-hybridized carbons (Fsp3) is 0.381. The molecule has 3 heterocycles. The zero-order valence-corrected chi connectivity index (χ0v) is 16.9. The topological polar surface area (TPSA) is 75.3 Å². The monoisotopic (exact) mass is 399 g/mol. The maximum atomic E-state index is 13.0. The molecular formula is C21H25N3O3S. The first-order valence-electron chi connectivity index (χ1n) is 9.63. The molecule has 148 valence electrons. The lowest BCUT2D eigenvalue weighted by Gasteiger charge is -2.31. The smallest absolute Gasteiger partial charge is 0.243 e. The highest BCUT2D eigenvalue weighted by Crippen LogP contribution is 2.34. The number of pyridine rings is 1. The highest BCUT2D eigenvalue weighted by Gasteiger charge is 2.30. The Labute approximate surface area is 165 Å². The first-order chi connectivity index (χ1) is 13.4. The molecule has 0 saturated carbocycles. The Balaban J connectivity index is 1.46. The van der Waals surface area contributed by atoms with Gasteiger partial charge in [-0.2, -0.15) is 4.31 Å². The fourth-order valence-electron chi connectivity index (χ4n) is 3.85. The molecule has 0 amide bonds. The third kappa shape index (κ3) is 3.64. The summed E-state index contributed by atoms with van der Waals surface area (Å²) in [6, 6.07) is 8.72. The maximum absolute atomic E-state index is 13.0. The number of nitrogens with zero attached hydrogens (tertiary/aromatic N) is 2. The van der Waals surface area contributed by atoms with Gasteiger partial charge in [-0.05, 0) is 68.5 Å². The molecule has 6 nitrogen and oxygen atoms in total. The first kappa shape index (κ1) is 19.0. The van der Waals surface area contributed by atoms with Gasteiger partial charge in [-0.25, -0.2) is 8.42 Å². The second kappa shape index (κ2) is 7.56. The number of ether oxygens (including phenoxy) is 1. The molecule has 1 fully saturated rings. The molecule has 0 spiro atoms. The number of rotatable bonds is 5. The Hall–Kier alpha value is -2.38. The van der Waals surface area contributed by atoms with E-state index in [1.165, 1.54) is 10.9 Å². The number of benzene rings is 1. The minimum Gasteiger partial charge on any atom is -0.491 e. The number of aromatic nitrogens is 2. The molecule has 1 saturated heterocycles. The molecule has 7 heteroatoms. The lowest BCUT2D eigenvalue weighted by molar-refractivity contribution is 0.242. The van der Waals surface area contributed by atoms with Crippen LogP contribution in [0.25, 0.3) is 10.9 Å². The quantitative estimate of drug-likeness (QED) is 0.706. The average molecular weight is 400 g/mol. The minimum atomic E-state index is -3.48. The van der Waals surface area contributed by atoms with Gasteiger partial charge < -0.3 is 9.72 Å². The average Bonchev–Trinajstić information content (AvgIpc) is 3.12. The number of H-pyrrole nitrogens is 1. The lowest BCUT2D eigenvalue weighted by atomic mass is 9.90. The Bertz CT molecular complexity index is 1050. The summed E-state index contributed by atoms with van der Waals surface area (Å²) in [7, 11) is -3.48. The summed E-state index contributed by atoms with van der Waals surface area (Å²) in [5.41, 5.74) is 2.28. The number of aromatic amines is 1. The van der Waals surface area contributed by atoms with E-state index >= 15 is 0 Å². The molecular weight excluding hydrogens is 374 g/mol. The molecule has 0 aliphatic carbocycles. The zero-order chi connectivity index (χ0) is 19.7. The van der Waals surface area contributed by atoms with Crippen molar-refractivity contribution in [3.8, 4) is 5.75 Å². The van der Waals surface area contributed by atoms with Crippen molar-refractivity contribution in [3.63, 3.8) is 0 Å². The van der Waals surface area contributed by atoms with Crippen LogP contribution in [0.3, 0.4) is 0 Å². The minimum absolute atomic E-state index is 0.0572. The number of hydrogen-bond donors (Lipinski definition) is 1. The van der Waals surface area contributed by atoms with Crippen molar-refractivity contribution in [2.45, 2.75) is 43.6 Å². The molecule has 0 radical (unpaired) electrons. The van der Waals surface area contributed by atoms with Crippen molar-refractivity contribution in [1.29, 1.82) is 0 Å². The lowest BCUT2D eigenvalue weighted by Crippen LogP contribution is -2.37. The molecule has 1 aromatic carbocycles. The van der Waals surface area contributed by atoms with Crippen LogP contribution in [0, 0.1) is 0 Å². The SMILES string of the molecule is CC(C)Oc1ccc(S(=O)(=O)N2CCC(c3c[nH]c4cnccc34)CC2)cc1. The Morgan fingerprint density at radius 3 is 2.54 bits per heavy atom. The van der Waals surface area contributed by atoms with Crippen LogP contribution >= 0.6 is 0 Å². The zero-order valence-electron chi connectivity index (χ0n) is 16.1. The van der Waals surface area contributed by atoms with E-state index in [4.69, 9.17) is 4.74 Å². The van der Waals surface area contributed by atoms with Crippen LogP contribution in [0.15, 0.2) is 53.8 Å². The molecule has 28 heavy (non-hydrogen) atoms. The Morgan fingerprint density at radius 2 is 1.86 bits per heavy atom. The van der Waals surface area contributed by atoms with E-state index in [0.29, 0.717) is 29.7 Å². The molecule has 1 N–H and O–H groups in total. The van der Waals surface area contributed by atoms with E-state index in [1.54, 1.807) is 34.8 Å². The van der Waals surface area contributed by atoms with Crippen LogP contribution in [0.4, 0.5) is 0 Å². The highest BCUT2D eigenvalue weighted by atomic mass is 32.2. The summed E-state index contributed by atoms with van der Waals surface area (Å²) in [6.45, 7) is 4.93. The van der Waals surface area contributed by atoms with Gasteiger partial charge in [-0.15, -0.1) is 0 Å². The van der Waals surface area contributed by atoms with Crippen LogP contribution in [0.1, 0.15) is 38.2 Å². The number of fused-ring (bicyclic) bond motifs is 1. The van der Waals surface area contributed by atoms with Gasteiger partial charge in [0.05, 0.1) is 22.7 Å². The third-order valence-corrected chi connectivity index (χ3v) is 7.16. The molecule has 2 aromatic heterocycles. The molecule has 1 aliphatic heterocycles. The highest BCUT2D eigenvalue weighted by molar-refractivity contribution is 7.89. The predicted octanol–water partition coefficient (Wildman–Crippen LogP) is 3.92. The molecule has 1 aliphatic rings. The Morgan fingerprint density at radius 1 is 1.14 bits per heavy atom. The van der Waals surface area contributed by atoms with E-state index in [0.717, 1.165) is 18.4 Å². The fourth-order valence-corrected chi connectivity index (χ4v) is 5.32. The van der Waals surface area contributed by atoms with Crippen molar-refractivity contribution in [3.05, 3.63) is 54.5 Å². The van der Waals surface area contributed by atoms with Crippen molar-refractivity contribution in [1.82, 2.24) is 14.3 Å². The second-order valence-corrected chi connectivity index (χ2v) is 9.42. The van der Waals surface area contributed by atoms with Gasteiger partial charge in [0, 0.05) is 30.9 Å². The first-order valence-corrected chi connectivity index (χ1v) is 11.1. The second-order valence-electron chi connectivity index (χ2n) is 7.48. The van der Waals surface area contributed by atoms with E-state index in [9.17, 15) is 8.42 Å². The Kier molecular flexibility index (Phi) is 5.12. The molecule has 0 unspecified atom stereocenters. The predicted molar refractivity (Wildman–Crippen MR) is 109 cm³/mol. The van der Waals surface area contributed by atoms with Crippen LogP contribution < -0.4 is 4.74 Å². The maximum Gasteiger partial charge on any atom is 0.243 e. The third-order valence-electron chi connectivity index (χ3n) is 5.24. The van der Waals surface area contributed by atoms with E-state index in [2.05, 4.69) is 9.97 Å². The van der Waals surface area contributed by atoms with Gasteiger partial charge >= 0.3 is 0 Å². The van der Waals surface area contributed by atoms with E-state index < -0.39 is 10.0 Å². The standard InChI is InChI=1S/C21H25N3O3S/c1-15(2)27-17-3-5-18(6-4-17)28(25,26)24-11-8-16(9-12-24)20-13-23-21-14-22-10-7-19(20)21/h3-7,10,13-16,23H,8-9,11-12H2,1-2H3. The number of piperidine rings is 1. The number of nitrogens with one attached hydrogen (secondary N) is 1. The van der Waals surface area contributed by atoms with Crippen LogP contribution in [0.2, 0.25) is 0 Å². The van der Waals surface area contributed by atoms with Gasteiger partial charge in [0.2, 0.25) is 10.0 Å². The van der Waals surface area contributed by atoms with Crippen LogP contribution in [-0.2, 0) is 10.0 Å².